The Morgan fingerprint density at radius 2 is 1.41 bits per heavy atom. The predicted octanol–water partition coefficient (Wildman–Crippen LogP) is 8.17. The number of nitro groups is 1. The Bertz CT molecular complexity index is 1950. The van der Waals surface area contributed by atoms with Crippen molar-refractivity contribution in [1.82, 2.24) is 9.55 Å². The Labute approximate surface area is 211 Å². The van der Waals surface area contributed by atoms with Crippen molar-refractivity contribution in [2.45, 2.75) is 0 Å². The minimum absolute atomic E-state index is 0.0828. The first-order chi connectivity index (χ1) is 18.2. The zero-order valence-electron chi connectivity index (χ0n) is 19.5. The third-order valence-corrected chi connectivity index (χ3v) is 6.72. The van der Waals surface area contributed by atoms with E-state index in [1.165, 1.54) is 6.07 Å². The number of hydrogen-bond acceptors (Lipinski definition) is 4. The molecule has 37 heavy (non-hydrogen) atoms. The van der Waals surface area contributed by atoms with E-state index in [2.05, 4.69) is 22.8 Å². The summed E-state index contributed by atoms with van der Waals surface area (Å²) in [5.74, 6) is 0.581. The fraction of sp³-hybridized carbons (Fsp3) is 0. The van der Waals surface area contributed by atoms with Crippen LogP contribution >= 0.6 is 0 Å². The van der Waals surface area contributed by atoms with Gasteiger partial charge >= 0.3 is 0 Å². The van der Waals surface area contributed by atoms with Gasteiger partial charge in [-0.05, 0) is 54.1 Å². The van der Waals surface area contributed by atoms with E-state index in [1.807, 2.05) is 78.9 Å². The molecule has 0 spiro atoms. The summed E-state index contributed by atoms with van der Waals surface area (Å²) in [5.41, 5.74) is 6.79. The molecular formula is C31H19N3O3. The zero-order valence-corrected chi connectivity index (χ0v) is 19.5. The van der Waals surface area contributed by atoms with Gasteiger partial charge in [0.2, 0.25) is 5.89 Å². The van der Waals surface area contributed by atoms with Crippen LogP contribution in [0.2, 0.25) is 0 Å². The normalized spacial score (nSPS) is 11.5. The Morgan fingerprint density at radius 3 is 2.19 bits per heavy atom. The van der Waals surface area contributed by atoms with Crippen LogP contribution in [-0.2, 0) is 0 Å². The first-order valence-electron chi connectivity index (χ1n) is 11.9. The fourth-order valence-electron chi connectivity index (χ4n) is 5.04. The Kier molecular flexibility index (Phi) is 4.66. The maximum Gasteiger partial charge on any atom is 0.277 e. The van der Waals surface area contributed by atoms with Crippen molar-refractivity contribution in [2.75, 3.05) is 0 Å². The van der Waals surface area contributed by atoms with E-state index in [1.54, 1.807) is 12.1 Å². The number of oxazole rings is 1. The van der Waals surface area contributed by atoms with Gasteiger partial charge in [0.05, 0.1) is 21.5 Å². The van der Waals surface area contributed by atoms with Crippen molar-refractivity contribution in [2.24, 2.45) is 0 Å². The highest BCUT2D eigenvalue weighted by atomic mass is 16.6. The molecule has 6 nitrogen and oxygen atoms in total. The quantitative estimate of drug-likeness (QED) is 0.188. The fourth-order valence-corrected chi connectivity index (χ4v) is 5.04. The first kappa shape index (κ1) is 21.1. The van der Waals surface area contributed by atoms with Crippen molar-refractivity contribution in [3.05, 3.63) is 125 Å². The highest BCUT2D eigenvalue weighted by Crippen LogP contribution is 2.39. The second-order valence-corrected chi connectivity index (χ2v) is 8.90. The van der Waals surface area contributed by atoms with E-state index in [0.717, 1.165) is 44.1 Å². The molecule has 0 atom stereocenters. The summed E-state index contributed by atoms with van der Waals surface area (Å²) in [6, 6.07) is 36.9. The molecule has 0 radical (unpaired) electrons. The summed E-state index contributed by atoms with van der Waals surface area (Å²) < 4.78 is 8.35. The predicted molar refractivity (Wildman–Crippen MR) is 146 cm³/mol. The van der Waals surface area contributed by atoms with Crippen LogP contribution in [0.5, 0.6) is 0 Å². The van der Waals surface area contributed by atoms with Crippen LogP contribution < -0.4 is 0 Å². The molecule has 0 saturated heterocycles. The third-order valence-electron chi connectivity index (χ3n) is 6.72. The molecule has 2 heterocycles. The lowest BCUT2D eigenvalue weighted by atomic mass is 10.0. The molecule has 5 aromatic carbocycles. The lowest BCUT2D eigenvalue weighted by Crippen LogP contribution is -1.94. The summed E-state index contributed by atoms with van der Waals surface area (Å²) >= 11 is 0. The molecule has 7 rings (SSSR count). The lowest BCUT2D eigenvalue weighted by Gasteiger charge is -2.09. The zero-order chi connectivity index (χ0) is 24.9. The van der Waals surface area contributed by atoms with Gasteiger partial charge in [-0.3, -0.25) is 10.1 Å². The minimum Gasteiger partial charge on any atom is -0.436 e. The van der Waals surface area contributed by atoms with Gasteiger partial charge in [0, 0.05) is 28.1 Å². The number of benzene rings is 5. The van der Waals surface area contributed by atoms with E-state index < -0.39 is 0 Å². The van der Waals surface area contributed by atoms with E-state index >= 15 is 0 Å². The number of fused-ring (bicyclic) bond motifs is 4. The molecule has 0 aliphatic rings. The number of nitro benzene ring substituents is 1. The topological polar surface area (TPSA) is 74.1 Å². The van der Waals surface area contributed by atoms with Crippen molar-refractivity contribution in [3.8, 4) is 28.3 Å². The molecule has 0 aliphatic heterocycles. The van der Waals surface area contributed by atoms with Gasteiger partial charge in [-0.1, -0.05) is 60.7 Å². The van der Waals surface area contributed by atoms with Crippen molar-refractivity contribution in [1.29, 1.82) is 0 Å². The van der Waals surface area contributed by atoms with Gasteiger partial charge in [0.25, 0.3) is 5.69 Å². The maximum atomic E-state index is 11.7. The van der Waals surface area contributed by atoms with E-state index in [9.17, 15) is 10.1 Å². The van der Waals surface area contributed by atoms with Gasteiger partial charge in [-0.25, -0.2) is 4.98 Å². The Hall–Kier alpha value is -5.23. The van der Waals surface area contributed by atoms with Crippen LogP contribution in [0.25, 0.3) is 61.2 Å². The maximum absolute atomic E-state index is 11.7. The second-order valence-electron chi connectivity index (χ2n) is 8.90. The van der Waals surface area contributed by atoms with Crippen LogP contribution in [0.15, 0.2) is 120 Å². The molecule has 0 N–H and O–H groups in total. The number of hydrogen-bond donors (Lipinski definition) is 0. The first-order valence-corrected chi connectivity index (χ1v) is 11.9. The monoisotopic (exact) mass is 481 g/mol. The van der Waals surface area contributed by atoms with E-state index in [4.69, 9.17) is 9.40 Å². The summed E-state index contributed by atoms with van der Waals surface area (Å²) in [5, 5.41) is 13.8. The van der Waals surface area contributed by atoms with Crippen LogP contribution in [0, 0.1) is 10.1 Å². The SMILES string of the molecule is O=[N+]([O-])c1ccccc1-c1ccc2c3cc4oc(-c5ccccc5)nc4cc3n(-c3ccccc3)c2c1. The summed E-state index contributed by atoms with van der Waals surface area (Å²) in [6.45, 7) is 0. The average Bonchev–Trinajstić information content (AvgIpc) is 3.50. The Balaban J connectivity index is 1.52. The second kappa shape index (κ2) is 8.17. The lowest BCUT2D eigenvalue weighted by molar-refractivity contribution is -0.384. The number of nitrogens with zero attached hydrogens (tertiary/aromatic N) is 3. The van der Waals surface area contributed by atoms with Crippen molar-refractivity contribution < 1.29 is 9.34 Å². The van der Waals surface area contributed by atoms with Crippen LogP contribution in [0.3, 0.4) is 0 Å². The molecule has 0 fully saturated rings. The smallest absolute Gasteiger partial charge is 0.277 e. The standard InChI is InChI=1S/C31H19N3O3/c35-34(36)27-14-8-7-13-23(27)21-15-16-24-25-18-30-26(32-31(37-30)20-9-3-1-4-10-20)19-29(25)33(28(24)17-21)22-11-5-2-6-12-22/h1-19H. The summed E-state index contributed by atoms with van der Waals surface area (Å²) in [7, 11) is 0. The minimum atomic E-state index is -0.337. The number of aromatic nitrogens is 2. The summed E-state index contributed by atoms with van der Waals surface area (Å²) in [6.07, 6.45) is 0. The third kappa shape index (κ3) is 3.38. The largest absolute Gasteiger partial charge is 0.436 e. The van der Waals surface area contributed by atoms with Crippen LogP contribution in [0.4, 0.5) is 5.69 Å². The van der Waals surface area contributed by atoms with Crippen LogP contribution in [-0.4, -0.2) is 14.5 Å². The van der Waals surface area contributed by atoms with Crippen molar-refractivity contribution in [3.63, 3.8) is 0 Å². The average molecular weight is 482 g/mol. The number of para-hydroxylation sites is 2. The van der Waals surface area contributed by atoms with Gasteiger partial charge in [0.15, 0.2) is 5.58 Å². The molecule has 7 aromatic rings. The highest BCUT2D eigenvalue weighted by molar-refractivity contribution is 6.13. The summed E-state index contributed by atoms with van der Waals surface area (Å²) in [4.78, 5) is 16.1. The molecule has 0 amide bonds. The van der Waals surface area contributed by atoms with Gasteiger partial charge < -0.3 is 8.98 Å². The van der Waals surface area contributed by atoms with Crippen molar-refractivity contribution >= 4 is 38.6 Å². The highest BCUT2D eigenvalue weighted by Gasteiger charge is 2.19. The van der Waals surface area contributed by atoms with Gasteiger partial charge in [-0.15, -0.1) is 0 Å². The molecular weight excluding hydrogens is 462 g/mol. The van der Waals surface area contributed by atoms with Gasteiger partial charge in [-0.2, -0.15) is 0 Å². The van der Waals surface area contributed by atoms with Crippen LogP contribution in [0.1, 0.15) is 0 Å². The molecule has 176 valence electrons. The molecule has 0 unspecified atom stereocenters. The Morgan fingerprint density at radius 1 is 0.703 bits per heavy atom. The van der Waals surface area contributed by atoms with Gasteiger partial charge in [0.1, 0.15) is 5.52 Å². The van der Waals surface area contributed by atoms with E-state index in [0.29, 0.717) is 17.0 Å². The molecule has 2 aromatic heterocycles. The molecule has 6 heteroatoms. The molecule has 0 saturated carbocycles. The molecule has 0 bridgehead atoms. The molecule has 0 aliphatic carbocycles. The van der Waals surface area contributed by atoms with E-state index in [-0.39, 0.29) is 10.6 Å². The number of rotatable bonds is 4.